The predicted octanol–water partition coefficient (Wildman–Crippen LogP) is 3.23. The molecule has 0 unspecified atom stereocenters. The van der Waals surface area contributed by atoms with Crippen LogP contribution < -0.4 is 4.90 Å². The number of rotatable bonds is 3. The fraction of sp³-hybridized carbons (Fsp3) is 0.611. The third-order valence-electron chi connectivity index (χ3n) is 4.99. The average Bonchev–Trinajstić information content (AvgIpc) is 2.55. The molecule has 1 saturated carbocycles. The summed E-state index contributed by atoms with van der Waals surface area (Å²) in [6.45, 7) is 1.42. The summed E-state index contributed by atoms with van der Waals surface area (Å²) in [5.41, 5.74) is 2.45. The van der Waals surface area contributed by atoms with Crippen molar-refractivity contribution in [2.45, 2.75) is 51.0 Å². The van der Waals surface area contributed by atoms with Crippen molar-refractivity contribution >= 4 is 11.6 Å². The Labute approximate surface area is 127 Å². The van der Waals surface area contributed by atoms with Gasteiger partial charge >= 0.3 is 0 Å². The lowest BCUT2D eigenvalue weighted by Crippen LogP contribution is -2.45. The van der Waals surface area contributed by atoms with Gasteiger partial charge in [0.05, 0.1) is 6.54 Å². The van der Waals surface area contributed by atoms with Crippen LogP contribution in [0.4, 0.5) is 5.69 Å². The van der Waals surface area contributed by atoms with Crippen molar-refractivity contribution in [2.24, 2.45) is 0 Å². The number of hydrogen-bond acceptors (Lipinski definition) is 2. The van der Waals surface area contributed by atoms with Crippen molar-refractivity contribution in [3.05, 3.63) is 29.8 Å². The molecule has 1 fully saturated rings. The highest BCUT2D eigenvalue weighted by molar-refractivity contribution is 5.95. The maximum Gasteiger partial charge on any atom is 0.241 e. The molecule has 0 atom stereocenters. The molecule has 3 heteroatoms. The Morgan fingerprint density at radius 3 is 2.76 bits per heavy atom. The summed E-state index contributed by atoms with van der Waals surface area (Å²) in [5.74, 6) is 0.259. The van der Waals surface area contributed by atoms with E-state index in [1.54, 1.807) is 0 Å². The van der Waals surface area contributed by atoms with Gasteiger partial charge in [-0.05, 0) is 44.4 Å². The summed E-state index contributed by atoms with van der Waals surface area (Å²) >= 11 is 0. The molecular formula is C18H26N2O. The van der Waals surface area contributed by atoms with Gasteiger partial charge in [-0.1, -0.05) is 37.5 Å². The highest BCUT2D eigenvalue weighted by Gasteiger charge is 2.25. The summed E-state index contributed by atoms with van der Waals surface area (Å²) in [5, 5.41) is 0. The zero-order chi connectivity index (χ0) is 14.7. The van der Waals surface area contributed by atoms with Crippen LogP contribution in [-0.4, -0.2) is 37.0 Å². The molecule has 3 rings (SSSR count). The van der Waals surface area contributed by atoms with Gasteiger partial charge in [0.25, 0.3) is 0 Å². The van der Waals surface area contributed by atoms with E-state index in [4.69, 9.17) is 0 Å². The van der Waals surface area contributed by atoms with E-state index < -0.39 is 0 Å². The second kappa shape index (κ2) is 6.61. The minimum absolute atomic E-state index is 0.259. The van der Waals surface area contributed by atoms with Gasteiger partial charge in [-0.25, -0.2) is 0 Å². The molecule has 0 radical (unpaired) electrons. The fourth-order valence-corrected chi connectivity index (χ4v) is 3.74. The largest absolute Gasteiger partial charge is 0.311 e. The third kappa shape index (κ3) is 3.29. The van der Waals surface area contributed by atoms with E-state index in [9.17, 15) is 4.79 Å². The van der Waals surface area contributed by atoms with Gasteiger partial charge in [-0.2, -0.15) is 0 Å². The standard InChI is InChI=1S/C18H26N2O/c1-19(16-10-3-2-4-11-16)14-18(21)20-13-7-9-15-8-5-6-12-17(15)20/h5-6,8,12,16H,2-4,7,9-11,13-14H2,1H3. The molecule has 0 aromatic heterocycles. The molecule has 1 amide bonds. The van der Waals surface area contributed by atoms with Crippen LogP contribution in [0.2, 0.25) is 0 Å². The van der Waals surface area contributed by atoms with E-state index in [1.807, 2.05) is 11.0 Å². The lowest BCUT2D eigenvalue weighted by Gasteiger charge is -2.34. The van der Waals surface area contributed by atoms with Gasteiger partial charge < -0.3 is 4.90 Å². The Morgan fingerprint density at radius 2 is 1.95 bits per heavy atom. The Balaban J connectivity index is 1.66. The number of anilines is 1. The first kappa shape index (κ1) is 14.6. The van der Waals surface area contributed by atoms with Crippen LogP contribution >= 0.6 is 0 Å². The molecule has 0 spiro atoms. The van der Waals surface area contributed by atoms with Crippen LogP contribution in [0.5, 0.6) is 0 Å². The Bertz CT molecular complexity index is 494. The monoisotopic (exact) mass is 286 g/mol. The quantitative estimate of drug-likeness (QED) is 0.851. The van der Waals surface area contributed by atoms with Gasteiger partial charge in [-0.15, -0.1) is 0 Å². The number of carbonyl (C=O) groups excluding carboxylic acids is 1. The summed E-state index contributed by atoms with van der Waals surface area (Å²) in [4.78, 5) is 17.0. The van der Waals surface area contributed by atoms with Gasteiger partial charge in [0.15, 0.2) is 0 Å². The van der Waals surface area contributed by atoms with Gasteiger partial charge in [0, 0.05) is 18.3 Å². The van der Waals surface area contributed by atoms with E-state index >= 15 is 0 Å². The van der Waals surface area contributed by atoms with E-state index in [0.717, 1.165) is 25.1 Å². The minimum atomic E-state index is 0.259. The van der Waals surface area contributed by atoms with Crippen molar-refractivity contribution in [3.8, 4) is 0 Å². The third-order valence-corrected chi connectivity index (χ3v) is 4.99. The lowest BCUT2D eigenvalue weighted by molar-refractivity contribution is -0.120. The first-order valence-corrected chi connectivity index (χ1v) is 8.34. The highest BCUT2D eigenvalue weighted by Crippen LogP contribution is 2.27. The summed E-state index contributed by atoms with van der Waals surface area (Å²) in [6.07, 6.45) is 8.67. The average molecular weight is 286 g/mol. The first-order valence-electron chi connectivity index (χ1n) is 8.34. The maximum atomic E-state index is 12.7. The lowest BCUT2D eigenvalue weighted by atomic mass is 9.94. The van der Waals surface area contributed by atoms with E-state index in [1.165, 1.54) is 37.7 Å². The maximum absolute atomic E-state index is 12.7. The minimum Gasteiger partial charge on any atom is -0.311 e. The number of benzene rings is 1. The van der Waals surface area contributed by atoms with E-state index in [0.29, 0.717) is 12.6 Å². The van der Waals surface area contributed by atoms with E-state index in [-0.39, 0.29) is 5.91 Å². The molecule has 3 nitrogen and oxygen atoms in total. The first-order chi connectivity index (χ1) is 10.3. The zero-order valence-corrected chi connectivity index (χ0v) is 13.1. The molecular weight excluding hydrogens is 260 g/mol. The predicted molar refractivity (Wildman–Crippen MR) is 86.6 cm³/mol. The summed E-state index contributed by atoms with van der Waals surface area (Å²) in [6, 6.07) is 8.95. The Kier molecular flexibility index (Phi) is 4.59. The molecule has 114 valence electrons. The highest BCUT2D eigenvalue weighted by atomic mass is 16.2. The topological polar surface area (TPSA) is 23.6 Å². The molecule has 1 heterocycles. The molecule has 1 aliphatic heterocycles. The number of para-hydroxylation sites is 1. The Hall–Kier alpha value is -1.35. The number of carbonyl (C=O) groups is 1. The SMILES string of the molecule is CN(CC(=O)N1CCCc2ccccc21)C1CCCCC1. The molecule has 0 bridgehead atoms. The second-order valence-corrected chi connectivity index (χ2v) is 6.48. The number of fused-ring (bicyclic) bond motifs is 1. The molecule has 1 aromatic carbocycles. The number of aryl methyl sites for hydroxylation is 1. The molecule has 0 saturated heterocycles. The second-order valence-electron chi connectivity index (χ2n) is 6.48. The van der Waals surface area contributed by atoms with E-state index in [2.05, 4.69) is 30.1 Å². The number of amides is 1. The molecule has 1 aliphatic carbocycles. The van der Waals surface area contributed by atoms with Crippen molar-refractivity contribution in [2.75, 3.05) is 25.0 Å². The van der Waals surface area contributed by atoms with Crippen LogP contribution in [0, 0.1) is 0 Å². The molecule has 1 aromatic rings. The normalized spacial score (nSPS) is 19.6. The molecule has 21 heavy (non-hydrogen) atoms. The van der Waals surface area contributed by atoms with Gasteiger partial charge in [-0.3, -0.25) is 9.69 Å². The number of likely N-dealkylation sites (N-methyl/N-ethyl adjacent to an activating group) is 1. The van der Waals surface area contributed by atoms with Crippen molar-refractivity contribution in [1.82, 2.24) is 4.90 Å². The van der Waals surface area contributed by atoms with Crippen LogP contribution in [0.25, 0.3) is 0 Å². The van der Waals surface area contributed by atoms with Gasteiger partial charge in [0.2, 0.25) is 5.91 Å². The van der Waals surface area contributed by atoms with Crippen LogP contribution in [0.15, 0.2) is 24.3 Å². The van der Waals surface area contributed by atoms with Crippen LogP contribution in [0.1, 0.15) is 44.1 Å². The van der Waals surface area contributed by atoms with Crippen LogP contribution in [-0.2, 0) is 11.2 Å². The number of nitrogens with zero attached hydrogens (tertiary/aromatic N) is 2. The molecule has 0 N–H and O–H groups in total. The van der Waals surface area contributed by atoms with Crippen molar-refractivity contribution in [1.29, 1.82) is 0 Å². The molecule has 2 aliphatic rings. The zero-order valence-electron chi connectivity index (χ0n) is 13.1. The summed E-state index contributed by atoms with van der Waals surface area (Å²) in [7, 11) is 2.11. The van der Waals surface area contributed by atoms with Crippen molar-refractivity contribution in [3.63, 3.8) is 0 Å². The van der Waals surface area contributed by atoms with Crippen LogP contribution in [0.3, 0.4) is 0 Å². The Morgan fingerprint density at radius 1 is 1.19 bits per heavy atom. The van der Waals surface area contributed by atoms with Crippen molar-refractivity contribution < 1.29 is 4.79 Å². The fourth-order valence-electron chi connectivity index (χ4n) is 3.74. The smallest absolute Gasteiger partial charge is 0.241 e. The summed E-state index contributed by atoms with van der Waals surface area (Å²) < 4.78 is 0. The van der Waals surface area contributed by atoms with Gasteiger partial charge in [0.1, 0.15) is 0 Å². The number of hydrogen-bond donors (Lipinski definition) is 0.